The van der Waals surface area contributed by atoms with E-state index >= 15 is 0 Å². The lowest BCUT2D eigenvalue weighted by molar-refractivity contribution is -0.418. The summed E-state index contributed by atoms with van der Waals surface area (Å²) in [5, 5.41) is 10.5. The molecule has 0 aliphatic rings. The van der Waals surface area contributed by atoms with Gasteiger partial charge in [-0.25, -0.2) is 0 Å². The summed E-state index contributed by atoms with van der Waals surface area (Å²) in [6.07, 6.45) is -1.79. The molecule has 0 aliphatic carbocycles. The number of hydrogen-bond donors (Lipinski definition) is 1. The minimum atomic E-state index is -4.39. The normalized spacial score (nSPS) is 12.9. The van der Waals surface area contributed by atoms with Crippen molar-refractivity contribution in [1.82, 2.24) is 4.90 Å². The van der Waals surface area contributed by atoms with Crippen molar-refractivity contribution in [2.75, 3.05) is 7.05 Å². The Morgan fingerprint density at radius 3 is 2.35 bits per heavy atom. The highest BCUT2D eigenvalue weighted by Crippen LogP contribution is 2.29. The molecule has 2 N–H and O–H groups in total. The average Bonchev–Trinajstić information content (AvgIpc) is 2.45. The molecule has 9 heteroatoms. The lowest BCUT2D eigenvalue weighted by Crippen LogP contribution is -2.13. The van der Waals surface area contributed by atoms with Crippen LogP contribution in [0.2, 0.25) is 0 Å². The molecular formula is C14H14F3N3O3. The van der Waals surface area contributed by atoms with Gasteiger partial charge in [0.25, 0.3) is 0 Å². The number of hydrogen-bond acceptors (Lipinski definition) is 5. The molecule has 0 bridgehead atoms. The van der Waals surface area contributed by atoms with Crippen LogP contribution in [0.5, 0.6) is 0 Å². The number of rotatable bonds is 6. The third-order valence-electron chi connectivity index (χ3n) is 2.83. The van der Waals surface area contributed by atoms with Crippen LogP contribution in [0.4, 0.5) is 13.2 Å². The van der Waals surface area contributed by atoms with Gasteiger partial charge in [0.15, 0.2) is 0 Å². The molecule has 124 valence electrons. The van der Waals surface area contributed by atoms with Crippen molar-refractivity contribution >= 4 is 6.29 Å². The Balaban J connectivity index is 2.77. The summed E-state index contributed by atoms with van der Waals surface area (Å²) in [5.74, 6) is 0. The van der Waals surface area contributed by atoms with Gasteiger partial charge in [0.2, 0.25) is 6.29 Å². The minimum Gasteiger partial charge on any atom is -0.393 e. The van der Waals surface area contributed by atoms with E-state index in [4.69, 9.17) is 5.73 Å². The molecule has 0 aromatic heterocycles. The molecule has 23 heavy (non-hydrogen) atoms. The van der Waals surface area contributed by atoms with Gasteiger partial charge in [0.1, 0.15) is 5.70 Å². The van der Waals surface area contributed by atoms with Gasteiger partial charge in [-0.05, 0) is 23.8 Å². The molecule has 0 heterocycles. The van der Waals surface area contributed by atoms with Crippen LogP contribution in [0.25, 0.3) is 0 Å². The Bertz CT molecular complexity index is 637. The number of aldehydes is 1. The Morgan fingerprint density at radius 2 is 1.91 bits per heavy atom. The summed E-state index contributed by atoms with van der Waals surface area (Å²) in [6, 6.07) is 4.61. The van der Waals surface area contributed by atoms with E-state index in [1.165, 1.54) is 24.4 Å². The number of alkyl halides is 3. The molecule has 0 fully saturated rings. The van der Waals surface area contributed by atoms with Gasteiger partial charge in [0.05, 0.1) is 10.5 Å². The van der Waals surface area contributed by atoms with Crippen LogP contribution in [-0.4, -0.2) is 23.2 Å². The number of nitrogens with two attached hydrogens (primary N) is 1. The molecular weight excluding hydrogens is 315 g/mol. The van der Waals surface area contributed by atoms with Crippen molar-refractivity contribution in [3.63, 3.8) is 0 Å². The van der Waals surface area contributed by atoms with Crippen molar-refractivity contribution < 1.29 is 22.9 Å². The van der Waals surface area contributed by atoms with Gasteiger partial charge in [-0.3, -0.25) is 14.9 Å². The van der Waals surface area contributed by atoms with E-state index in [-0.39, 0.29) is 18.5 Å². The number of carbonyl (C=O) groups is 1. The van der Waals surface area contributed by atoms with Crippen LogP contribution in [0, 0.1) is 10.1 Å². The molecule has 0 atom stereocenters. The quantitative estimate of drug-likeness (QED) is 0.284. The van der Waals surface area contributed by atoms with E-state index in [0.29, 0.717) is 5.56 Å². The second-order valence-electron chi connectivity index (χ2n) is 4.64. The first-order valence-corrected chi connectivity index (χ1v) is 6.29. The highest BCUT2D eigenvalue weighted by atomic mass is 19.4. The zero-order valence-electron chi connectivity index (χ0n) is 12.1. The Kier molecular flexibility index (Phi) is 5.88. The van der Waals surface area contributed by atoms with Crippen molar-refractivity contribution in [1.29, 1.82) is 0 Å². The largest absolute Gasteiger partial charge is 0.416 e. The average molecular weight is 329 g/mol. The maximum absolute atomic E-state index is 12.4. The van der Waals surface area contributed by atoms with Crippen LogP contribution >= 0.6 is 0 Å². The highest BCUT2D eigenvalue weighted by molar-refractivity contribution is 5.71. The Labute approximate surface area is 129 Å². The first-order valence-electron chi connectivity index (χ1n) is 6.29. The van der Waals surface area contributed by atoms with Crippen molar-refractivity contribution in [3.05, 3.63) is 69.2 Å². The zero-order valence-corrected chi connectivity index (χ0v) is 12.1. The van der Waals surface area contributed by atoms with E-state index in [1.807, 2.05) is 0 Å². The van der Waals surface area contributed by atoms with E-state index in [2.05, 4.69) is 0 Å². The summed E-state index contributed by atoms with van der Waals surface area (Å²) in [7, 11) is 1.61. The summed E-state index contributed by atoms with van der Waals surface area (Å²) in [4.78, 5) is 21.7. The van der Waals surface area contributed by atoms with Crippen LogP contribution in [0.3, 0.4) is 0 Å². The smallest absolute Gasteiger partial charge is 0.393 e. The maximum Gasteiger partial charge on any atom is 0.416 e. The summed E-state index contributed by atoms with van der Waals surface area (Å²) < 4.78 is 37.3. The second kappa shape index (κ2) is 7.43. The third kappa shape index (κ3) is 5.46. The Morgan fingerprint density at radius 1 is 1.35 bits per heavy atom. The van der Waals surface area contributed by atoms with Crippen molar-refractivity contribution in [2.24, 2.45) is 5.73 Å². The Hall–Kier alpha value is -2.84. The number of nitro groups is 1. The molecule has 1 aromatic rings. The van der Waals surface area contributed by atoms with Gasteiger partial charge in [-0.2, -0.15) is 13.2 Å². The van der Waals surface area contributed by atoms with Gasteiger partial charge in [0, 0.05) is 19.8 Å². The number of halogens is 3. The van der Waals surface area contributed by atoms with Crippen molar-refractivity contribution in [2.45, 2.75) is 12.7 Å². The lowest BCUT2D eigenvalue weighted by atomic mass is 10.1. The van der Waals surface area contributed by atoms with Gasteiger partial charge >= 0.3 is 11.9 Å². The number of allylic oxidation sites excluding steroid dienone is 2. The standard InChI is InChI=1S/C14H14F3N3O3/c1-19(7-6-12(18)13(9-21)20(22)23)8-10-2-4-11(5-3-10)14(15,16)17/h2-7,9H,8,18H2,1H3/b7-6-,13-12-. The SMILES string of the molecule is CN(/C=C\C(N)=C(/C=O)[N+](=O)[O-])Cc1ccc(C(F)(F)F)cc1. The minimum absolute atomic E-state index is 0.0372. The van der Waals surface area contributed by atoms with Crippen LogP contribution in [-0.2, 0) is 17.5 Å². The van der Waals surface area contributed by atoms with Gasteiger partial charge < -0.3 is 10.6 Å². The highest BCUT2D eigenvalue weighted by Gasteiger charge is 2.29. The number of carbonyl (C=O) groups excluding carboxylic acids is 1. The molecule has 1 rings (SSSR count). The molecule has 0 radical (unpaired) electrons. The molecule has 0 saturated heterocycles. The summed E-state index contributed by atoms with van der Waals surface area (Å²) in [6.45, 7) is 0.261. The van der Waals surface area contributed by atoms with Crippen LogP contribution in [0.15, 0.2) is 47.9 Å². The van der Waals surface area contributed by atoms with E-state index in [0.717, 1.165) is 12.1 Å². The molecule has 6 nitrogen and oxygen atoms in total. The lowest BCUT2D eigenvalue weighted by Gasteiger charge is -2.14. The van der Waals surface area contributed by atoms with E-state index in [9.17, 15) is 28.1 Å². The predicted octanol–water partition coefficient (Wildman–Crippen LogP) is 2.30. The summed E-state index contributed by atoms with van der Waals surface area (Å²) >= 11 is 0. The molecule has 0 amide bonds. The topological polar surface area (TPSA) is 89.5 Å². The predicted molar refractivity (Wildman–Crippen MR) is 76.3 cm³/mol. The fourth-order valence-electron chi connectivity index (χ4n) is 1.65. The van der Waals surface area contributed by atoms with Gasteiger partial charge in [-0.1, -0.05) is 12.1 Å². The number of nitrogens with zero attached hydrogens (tertiary/aromatic N) is 2. The molecule has 1 aromatic carbocycles. The third-order valence-corrected chi connectivity index (χ3v) is 2.83. The van der Waals surface area contributed by atoms with Crippen LogP contribution < -0.4 is 5.73 Å². The van der Waals surface area contributed by atoms with E-state index < -0.39 is 22.4 Å². The fraction of sp³-hybridized carbons (Fsp3) is 0.214. The number of benzene rings is 1. The maximum atomic E-state index is 12.4. The van der Waals surface area contributed by atoms with Crippen molar-refractivity contribution in [3.8, 4) is 0 Å². The molecule has 0 spiro atoms. The monoisotopic (exact) mass is 329 g/mol. The molecule has 0 aliphatic heterocycles. The summed E-state index contributed by atoms with van der Waals surface area (Å²) in [5.41, 5.74) is 4.20. The van der Waals surface area contributed by atoms with E-state index in [1.54, 1.807) is 11.9 Å². The fourth-order valence-corrected chi connectivity index (χ4v) is 1.65. The first-order chi connectivity index (χ1) is 10.6. The second-order valence-corrected chi connectivity index (χ2v) is 4.64. The zero-order chi connectivity index (χ0) is 17.6. The molecule has 0 unspecified atom stereocenters. The first kappa shape index (κ1) is 18.2. The van der Waals surface area contributed by atoms with Gasteiger partial charge in [-0.15, -0.1) is 0 Å². The molecule has 0 saturated carbocycles. The van der Waals surface area contributed by atoms with Crippen LogP contribution in [0.1, 0.15) is 11.1 Å².